The number of aryl methyl sites for hydroxylation is 1. The molecule has 0 radical (unpaired) electrons. The van der Waals surface area contributed by atoms with Crippen LogP contribution in [0, 0.1) is 12.8 Å². The molecule has 2 rings (SSSR count). The molecule has 1 aliphatic rings. The van der Waals surface area contributed by atoms with Gasteiger partial charge in [-0.3, -0.25) is 4.79 Å². The third kappa shape index (κ3) is 3.49. The van der Waals surface area contributed by atoms with Gasteiger partial charge in [-0.05, 0) is 31.2 Å². The van der Waals surface area contributed by atoms with E-state index in [9.17, 15) is 4.79 Å². The summed E-state index contributed by atoms with van der Waals surface area (Å²) >= 11 is 5.89. The molecule has 2 nitrogen and oxygen atoms in total. The summed E-state index contributed by atoms with van der Waals surface area (Å²) in [5.74, 6) is 1.37. The number of likely N-dealkylation sites (tertiary alicyclic amines) is 1. The fourth-order valence-electron chi connectivity index (χ4n) is 2.41. The van der Waals surface area contributed by atoms with Crippen LogP contribution in [0.25, 0.3) is 0 Å². The highest BCUT2D eigenvalue weighted by molar-refractivity contribution is 6.18. The van der Waals surface area contributed by atoms with Crippen LogP contribution in [0.1, 0.15) is 24.0 Å². The Hall–Kier alpha value is -1.02. The van der Waals surface area contributed by atoms with Crippen LogP contribution in [-0.4, -0.2) is 29.8 Å². The van der Waals surface area contributed by atoms with Gasteiger partial charge in [0.25, 0.3) is 0 Å². The Morgan fingerprint density at radius 2 is 2.11 bits per heavy atom. The van der Waals surface area contributed by atoms with E-state index in [-0.39, 0.29) is 5.91 Å². The smallest absolute Gasteiger partial charge is 0.226 e. The van der Waals surface area contributed by atoms with Crippen molar-refractivity contribution in [1.29, 1.82) is 0 Å². The lowest BCUT2D eigenvalue weighted by atomic mass is 9.99. The van der Waals surface area contributed by atoms with Gasteiger partial charge >= 0.3 is 0 Å². The van der Waals surface area contributed by atoms with Gasteiger partial charge < -0.3 is 4.90 Å². The summed E-state index contributed by atoms with van der Waals surface area (Å²) in [6, 6.07) is 8.19. The molecule has 1 fully saturated rings. The molecule has 18 heavy (non-hydrogen) atoms. The van der Waals surface area contributed by atoms with Crippen LogP contribution in [-0.2, 0) is 11.2 Å². The number of carbonyl (C=O) groups excluding carboxylic acids is 1. The molecule has 1 heterocycles. The molecule has 0 spiro atoms. The van der Waals surface area contributed by atoms with E-state index >= 15 is 0 Å². The standard InChI is InChI=1S/C15H20ClNO/c1-12-4-6-13(7-5-12)9-15(18)17-8-2-3-14(10-16)11-17/h4-7,14H,2-3,8-11H2,1H3. The number of amides is 1. The molecule has 1 saturated heterocycles. The highest BCUT2D eigenvalue weighted by Gasteiger charge is 2.22. The van der Waals surface area contributed by atoms with Crippen LogP contribution in [0.4, 0.5) is 0 Å². The molecule has 3 heteroatoms. The molecule has 1 unspecified atom stereocenters. The summed E-state index contributed by atoms with van der Waals surface area (Å²) in [5, 5.41) is 0. The van der Waals surface area contributed by atoms with Crippen LogP contribution >= 0.6 is 11.6 Å². The van der Waals surface area contributed by atoms with E-state index in [4.69, 9.17) is 11.6 Å². The van der Waals surface area contributed by atoms with Gasteiger partial charge in [0.05, 0.1) is 6.42 Å². The van der Waals surface area contributed by atoms with Crippen molar-refractivity contribution in [3.63, 3.8) is 0 Å². The van der Waals surface area contributed by atoms with Gasteiger partial charge in [0, 0.05) is 19.0 Å². The van der Waals surface area contributed by atoms with E-state index in [2.05, 4.69) is 19.1 Å². The quantitative estimate of drug-likeness (QED) is 0.770. The van der Waals surface area contributed by atoms with E-state index in [1.54, 1.807) is 0 Å². The lowest BCUT2D eigenvalue weighted by Crippen LogP contribution is -2.41. The summed E-state index contributed by atoms with van der Waals surface area (Å²) in [6.45, 7) is 3.77. The first-order valence-corrected chi connectivity index (χ1v) is 7.12. The first kappa shape index (κ1) is 13.4. The Morgan fingerprint density at radius 3 is 2.78 bits per heavy atom. The van der Waals surface area contributed by atoms with Gasteiger partial charge in [0.1, 0.15) is 0 Å². The Kier molecular flexibility index (Phi) is 4.65. The molecule has 0 bridgehead atoms. The normalized spacial score (nSPS) is 19.9. The third-order valence-electron chi connectivity index (χ3n) is 3.57. The second-order valence-electron chi connectivity index (χ2n) is 5.16. The zero-order chi connectivity index (χ0) is 13.0. The fraction of sp³-hybridized carbons (Fsp3) is 0.533. The third-order valence-corrected chi connectivity index (χ3v) is 4.00. The maximum Gasteiger partial charge on any atom is 0.226 e. The number of alkyl halides is 1. The minimum absolute atomic E-state index is 0.230. The van der Waals surface area contributed by atoms with E-state index < -0.39 is 0 Å². The lowest BCUT2D eigenvalue weighted by Gasteiger charge is -2.32. The number of rotatable bonds is 3. The largest absolute Gasteiger partial charge is 0.342 e. The van der Waals surface area contributed by atoms with Crippen molar-refractivity contribution in [3.8, 4) is 0 Å². The van der Waals surface area contributed by atoms with Crippen molar-refractivity contribution in [2.75, 3.05) is 19.0 Å². The lowest BCUT2D eigenvalue weighted by molar-refractivity contribution is -0.132. The summed E-state index contributed by atoms with van der Waals surface area (Å²) in [5.41, 5.74) is 2.32. The number of halogens is 1. The van der Waals surface area contributed by atoms with E-state index in [1.807, 2.05) is 17.0 Å². The molecule has 1 aromatic rings. The second-order valence-corrected chi connectivity index (χ2v) is 5.47. The summed E-state index contributed by atoms with van der Waals surface area (Å²) in [4.78, 5) is 14.2. The van der Waals surface area contributed by atoms with Gasteiger partial charge in [-0.25, -0.2) is 0 Å². The van der Waals surface area contributed by atoms with Crippen LogP contribution < -0.4 is 0 Å². The van der Waals surface area contributed by atoms with Crippen molar-refractivity contribution in [2.24, 2.45) is 5.92 Å². The zero-order valence-electron chi connectivity index (χ0n) is 10.9. The van der Waals surface area contributed by atoms with Gasteiger partial charge in [-0.2, -0.15) is 0 Å². The van der Waals surface area contributed by atoms with Gasteiger partial charge in [0.15, 0.2) is 0 Å². The number of piperidine rings is 1. The molecule has 1 amide bonds. The molecule has 0 aliphatic carbocycles. The first-order valence-electron chi connectivity index (χ1n) is 6.58. The van der Waals surface area contributed by atoms with E-state index in [0.717, 1.165) is 31.5 Å². The van der Waals surface area contributed by atoms with Crippen LogP contribution in [0.5, 0.6) is 0 Å². The van der Waals surface area contributed by atoms with Crippen molar-refractivity contribution in [2.45, 2.75) is 26.2 Å². The Labute approximate surface area is 114 Å². The number of carbonyl (C=O) groups is 1. The Balaban J connectivity index is 1.93. The van der Waals surface area contributed by atoms with Gasteiger partial charge in [-0.1, -0.05) is 29.8 Å². The van der Waals surface area contributed by atoms with Crippen molar-refractivity contribution in [3.05, 3.63) is 35.4 Å². The van der Waals surface area contributed by atoms with Gasteiger partial charge in [0.2, 0.25) is 5.91 Å². The molecule has 1 aliphatic heterocycles. The molecule has 1 atom stereocenters. The molecule has 0 saturated carbocycles. The average Bonchev–Trinajstić information content (AvgIpc) is 2.41. The van der Waals surface area contributed by atoms with Crippen LogP contribution in [0.3, 0.4) is 0 Å². The van der Waals surface area contributed by atoms with Crippen LogP contribution in [0.15, 0.2) is 24.3 Å². The maximum absolute atomic E-state index is 12.2. The highest BCUT2D eigenvalue weighted by Crippen LogP contribution is 2.18. The average molecular weight is 266 g/mol. The SMILES string of the molecule is Cc1ccc(CC(=O)N2CCCC(CCl)C2)cc1. The monoisotopic (exact) mass is 265 g/mol. The van der Waals surface area contributed by atoms with Gasteiger partial charge in [-0.15, -0.1) is 11.6 Å². The fourth-order valence-corrected chi connectivity index (χ4v) is 2.66. The second kappa shape index (κ2) is 6.24. The molecular formula is C15H20ClNO. The van der Waals surface area contributed by atoms with Crippen molar-refractivity contribution < 1.29 is 4.79 Å². The molecule has 0 N–H and O–H groups in total. The molecule has 0 aromatic heterocycles. The minimum atomic E-state index is 0.230. The Morgan fingerprint density at radius 1 is 1.39 bits per heavy atom. The topological polar surface area (TPSA) is 20.3 Å². The number of hydrogen-bond acceptors (Lipinski definition) is 1. The molecular weight excluding hydrogens is 246 g/mol. The predicted octanol–water partition coefficient (Wildman–Crippen LogP) is 3.01. The minimum Gasteiger partial charge on any atom is -0.342 e. The molecule has 1 aromatic carbocycles. The van der Waals surface area contributed by atoms with Crippen molar-refractivity contribution in [1.82, 2.24) is 4.90 Å². The van der Waals surface area contributed by atoms with E-state index in [1.165, 1.54) is 5.56 Å². The Bertz CT molecular complexity index is 401. The predicted molar refractivity (Wildman–Crippen MR) is 74.9 cm³/mol. The number of nitrogens with zero attached hydrogens (tertiary/aromatic N) is 1. The number of benzene rings is 1. The summed E-state index contributed by atoms with van der Waals surface area (Å²) < 4.78 is 0. The zero-order valence-corrected chi connectivity index (χ0v) is 11.6. The highest BCUT2D eigenvalue weighted by atomic mass is 35.5. The summed E-state index contributed by atoms with van der Waals surface area (Å²) in [7, 11) is 0. The first-order chi connectivity index (χ1) is 8.69. The maximum atomic E-state index is 12.2. The number of hydrogen-bond donors (Lipinski definition) is 0. The van der Waals surface area contributed by atoms with Crippen LogP contribution in [0.2, 0.25) is 0 Å². The summed E-state index contributed by atoms with van der Waals surface area (Å²) in [6.07, 6.45) is 2.74. The molecule has 98 valence electrons. The van der Waals surface area contributed by atoms with E-state index in [0.29, 0.717) is 18.2 Å². The van der Waals surface area contributed by atoms with Crippen molar-refractivity contribution >= 4 is 17.5 Å².